The number of rotatable bonds is 4. The summed E-state index contributed by atoms with van der Waals surface area (Å²) < 4.78 is 16.2. The summed E-state index contributed by atoms with van der Waals surface area (Å²) in [4.78, 5) is 12.4. The molecule has 2 aromatic carbocycles. The molecule has 0 spiro atoms. The normalized spacial score (nSPS) is 29.8. The summed E-state index contributed by atoms with van der Waals surface area (Å²) in [6.07, 6.45) is -8.34. The molecule has 11 nitrogen and oxygen atoms in total. The Bertz CT molecular complexity index is 1020. The molecule has 11 heteroatoms. The fourth-order valence-electron chi connectivity index (χ4n) is 3.80. The monoisotopic (exact) mass is 450 g/mol. The second-order valence-corrected chi connectivity index (χ2v) is 7.64. The van der Waals surface area contributed by atoms with Gasteiger partial charge in [0.25, 0.3) is 0 Å². The lowest BCUT2D eigenvalue weighted by Crippen LogP contribution is -2.60. The summed E-state index contributed by atoms with van der Waals surface area (Å²) in [6, 6.07) is 6.45. The van der Waals surface area contributed by atoms with E-state index in [1.165, 1.54) is 24.3 Å². The van der Waals surface area contributed by atoms with Gasteiger partial charge in [-0.2, -0.15) is 0 Å². The zero-order valence-corrected chi connectivity index (χ0v) is 16.5. The first-order valence-electron chi connectivity index (χ1n) is 9.75. The Hall–Kier alpha value is -3.09. The number of hydrogen-bond donors (Lipinski definition) is 7. The maximum Gasteiger partial charge on any atom is 0.342 e. The molecule has 0 amide bonds. The Labute approximate surface area is 181 Å². The van der Waals surface area contributed by atoms with Crippen LogP contribution in [0.3, 0.4) is 0 Å². The molecule has 1 saturated heterocycles. The number of carbonyl (C=O) groups excluding carboxylic acids is 1. The number of aromatic hydroxyl groups is 3. The SMILES string of the molecule is O=C1O[C@@H](c2ccc(O)c(O[C@@H]3O[C@H](CO)[C@@H](O)[C@H](O)[C@H]3O)c2)Cc2cc(O)cc(O)c21. The Morgan fingerprint density at radius 1 is 0.969 bits per heavy atom. The molecule has 7 N–H and O–H groups in total. The van der Waals surface area contributed by atoms with E-state index in [0.717, 1.165) is 6.07 Å². The van der Waals surface area contributed by atoms with E-state index in [9.17, 15) is 40.5 Å². The highest BCUT2D eigenvalue weighted by Crippen LogP contribution is 2.39. The molecule has 0 saturated carbocycles. The lowest BCUT2D eigenvalue weighted by Gasteiger charge is -2.39. The van der Waals surface area contributed by atoms with Crippen molar-refractivity contribution in [2.45, 2.75) is 43.2 Å². The first-order valence-corrected chi connectivity index (χ1v) is 9.75. The smallest absolute Gasteiger partial charge is 0.342 e. The number of aliphatic hydroxyl groups excluding tert-OH is 4. The van der Waals surface area contributed by atoms with E-state index in [0.29, 0.717) is 11.1 Å². The number of hydrogen-bond acceptors (Lipinski definition) is 11. The molecule has 0 aromatic heterocycles. The summed E-state index contributed by atoms with van der Waals surface area (Å²) in [6.45, 7) is -0.645. The number of fused-ring (bicyclic) bond motifs is 1. The highest BCUT2D eigenvalue weighted by molar-refractivity contribution is 5.95. The van der Waals surface area contributed by atoms with Crippen molar-refractivity contribution < 1.29 is 54.8 Å². The average Bonchev–Trinajstić information content (AvgIpc) is 2.74. The first kappa shape index (κ1) is 22.1. The lowest BCUT2D eigenvalue weighted by molar-refractivity contribution is -0.277. The Morgan fingerprint density at radius 3 is 2.44 bits per heavy atom. The van der Waals surface area contributed by atoms with E-state index in [1.807, 2.05) is 0 Å². The van der Waals surface area contributed by atoms with E-state index in [-0.39, 0.29) is 29.2 Å². The molecule has 32 heavy (non-hydrogen) atoms. The molecular weight excluding hydrogens is 428 g/mol. The molecule has 2 aromatic rings. The summed E-state index contributed by atoms with van der Waals surface area (Å²) in [5.41, 5.74) is 0.716. The molecular formula is C21H22O11. The molecule has 6 atom stereocenters. The van der Waals surface area contributed by atoms with Gasteiger partial charge in [0.15, 0.2) is 11.5 Å². The van der Waals surface area contributed by atoms with Crippen LogP contribution in [-0.2, 0) is 15.9 Å². The maximum absolute atomic E-state index is 12.4. The van der Waals surface area contributed by atoms with Crippen molar-refractivity contribution in [3.63, 3.8) is 0 Å². The van der Waals surface area contributed by atoms with E-state index < -0.39 is 55.1 Å². The topological polar surface area (TPSA) is 186 Å². The molecule has 1 fully saturated rings. The van der Waals surface area contributed by atoms with Crippen molar-refractivity contribution in [2.75, 3.05) is 6.61 Å². The summed E-state index contributed by atoms with van der Waals surface area (Å²) in [5, 5.41) is 69.0. The molecule has 172 valence electrons. The standard InChI is InChI=1S/C21H22O11/c22-7-15-17(26)18(27)19(28)21(32-15)31-14-4-8(1-2-11(14)24)13-5-9-3-10(23)6-12(25)16(9)20(29)30-13/h1-4,6,13,15,17-19,21-28H,5,7H2/t13-,15-,17-,18+,19-,21-/m1/s1. The third-order valence-electron chi connectivity index (χ3n) is 5.49. The zero-order chi connectivity index (χ0) is 23.2. The van der Waals surface area contributed by atoms with Gasteiger partial charge in [-0.1, -0.05) is 6.07 Å². The Balaban J connectivity index is 1.59. The first-order chi connectivity index (χ1) is 15.2. The van der Waals surface area contributed by atoms with Crippen molar-refractivity contribution in [1.82, 2.24) is 0 Å². The maximum atomic E-state index is 12.4. The lowest BCUT2D eigenvalue weighted by atomic mass is 9.93. The van der Waals surface area contributed by atoms with Crippen molar-refractivity contribution in [1.29, 1.82) is 0 Å². The van der Waals surface area contributed by atoms with E-state index in [4.69, 9.17) is 14.2 Å². The third-order valence-corrected chi connectivity index (χ3v) is 5.49. The number of carbonyl (C=O) groups is 1. The highest BCUT2D eigenvalue weighted by Gasteiger charge is 2.45. The highest BCUT2D eigenvalue weighted by atomic mass is 16.7. The van der Waals surface area contributed by atoms with E-state index >= 15 is 0 Å². The van der Waals surface area contributed by atoms with Crippen LogP contribution in [-0.4, -0.2) is 79.0 Å². The van der Waals surface area contributed by atoms with Gasteiger partial charge in [0, 0.05) is 12.5 Å². The van der Waals surface area contributed by atoms with Crippen molar-refractivity contribution in [2.24, 2.45) is 0 Å². The minimum Gasteiger partial charge on any atom is -0.508 e. The van der Waals surface area contributed by atoms with Crippen LogP contribution >= 0.6 is 0 Å². The zero-order valence-electron chi connectivity index (χ0n) is 16.5. The number of benzene rings is 2. The van der Waals surface area contributed by atoms with Crippen LogP contribution in [0.5, 0.6) is 23.0 Å². The fourth-order valence-corrected chi connectivity index (χ4v) is 3.80. The van der Waals surface area contributed by atoms with Crippen LogP contribution in [0.25, 0.3) is 0 Å². The molecule has 2 aliphatic rings. The number of phenols is 3. The van der Waals surface area contributed by atoms with Crippen molar-refractivity contribution >= 4 is 5.97 Å². The molecule has 4 rings (SSSR count). The minimum atomic E-state index is -1.68. The van der Waals surface area contributed by atoms with Crippen LogP contribution in [0.1, 0.15) is 27.6 Å². The number of phenolic OH excluding ortho intramolecular Hbond substituents is 3. The molecule has 0 bridgehead atoms. The van der Waals surface area contributed by atoms with Crippen LogP contribution in [0.15, 0.2) is 30.3 Å². The summed E-state index contributed by atoms with van der Waals surface area (Å²) >= 11 is 0. The number of ether oxygens (including phenoxy) is 3. The number of aliphatic hydroxyl groups is 4. The largest absolute Gasteiger partial charge is 0.508 e. The van der Waals surface area contributed by atoms with Crippen LogP contribution in [0.4, 0.5) is 0 Å². The van der Waals surface area contributed by atoms with E-state index in [1.54, 1.807) is 0 Å². The summed E-state index contributed by atoms with van der Waals surface area (Å²) in [7, 11) is 0. The van der Waals surface area contributed by atoms with Gasteiger partial charge in [-0.05, 0) is 29.3 Å². The van der Waals surface area contributed by atoms with Gasteiger partial charge in [-0.25, -0.2) is 4.79 Å². The van der Waals surface area contributed by atoms with Gasteiger partial charge >= 0.3 is 5.97 Å². The van der Waals surface area contributed by atoms with Gasteiger partial charge in [0.2, 0.25) is 6.29 Å². The second kappa shape index (κ2) is 8.45. The number of esters is 1. The molecule has 0 radical (unpaired) electrons. The van der Waals surface area contributed by atoms with Gasteiger partial charge in [0.05, 0.1) is 6.61 Å². The van der Waals surface area contributed by atoms with Gasteiger partial charge in [-0.3, -0.25) is 0 Å². The van der Waals surface area contributed by atoms with Gasteiger partial charge < -0.3 is 50.0 Å². The Morgan fingerprint density at radius 2 is 1.72 bits per heavy atom. The summed E-state index contributed by atoms with van der Waals surface area (Å²) in [5.74, 6) is -1.93. The minimum absolute atomic E-state index is 0.0457. The van der Waals surface area contributed by atoms with Crippen LogP contribution in [0, 0.1) is 0 Å². The Kier molecular flexibility index (Phi) is 5.84. The van der Waals surface area contributed by atoms with Crippen molar-refractivity contribution in [3.8, 4) is 23.0 Å². The van der Waals surface area contributed by atoms with Crippen LogP contribution in [0.2, 0.25) is 0 Å². The molecule has 0 aliphatic carbocycles. The van der Waals surface area contributed by atoms with Crippen molar-refractivity contribution in [3.05, 3.63) is 47.0 Å². The molecule has 0 unspecified atom stereocenters. The predicted molar refractivity (Wildman–Crippen MR) is 104 cm³/mol. The molecule has 2 aliphatic heterocycles. The quantitative estimate of drug-likeness (QED) is 0.296. The number of cyclic esters (lactones) is 1. The average molecular weight is 450 g/mol. The second-order valence-electron chi connectivity index (χ2n) is 7.64. The van der Waals surface area contributed by atoms with E-state index in [2.05, 4.69) is 0 Å². The third kappa shape index (κ3) is 3.92. The predicted octanol–water partition coefficient (Wildman–Crippen LogP) is -0.564. The van der Waals surface area contributed by atoms with Gasteiger partial charge in [0.1, 0.15) is 47.6 Å². The van der Waals surface area contributed by atoms with Crippen LogP contribution < -0.4 is 4.74 Å². The fraction of sp³-hybridized carbons (Fsp3) is 0.381. The van der Waals surface area contributed by atoms with Gasteiger partial charge in [-0.15, -0.1) is 0 Å². The molecule has 2 heterocycles.